The van der Waals surface area contributed by atoms with Gasteiger partial charge in [-0.2, -0.15) is 0 Å². The average Bonchev–Trinajstić information content (AvgIpc) is 2.34. The van der Waals surface area contributed by atoms with Crippen molar-refractivity contribution in [3.63, 3.8) is 0 Å². The van der Waals surface area contributed by atoms with E-state index in [1.165, 1.54) is 6.92 Å². The smallest absolute Gasteiger partial charge is 0.216 e. The Balaban J connectivity index is 2.05. The first-order valence-corrected chi connectivity index (χ1v) is 6.33. The van der Waals surface area contributed by atoms with Crippen molar-refractivity contribution in [2.45, 2.75) is 39.0 Å². The van der Waals surface area contributed by atoms with E-state index in [-0.39, 0.29) is 11.7 Å². The minimum absolute atomic E-state index is 0.00246. The maximum atomic E-state index is 11.7. The fourth-order valence-electron chi connectivity index (χ4n) is 1.71. The highest BCUT2D eigenvalue weighted by molar-refractivity contribution is 5.80. The van der Waals surface area contributed by atoms with Crippen LogP contribution in [0.5, 0.6) is 0 Å². The van der Waals surface area contributed by atoms with Gasteiger partial charge in [-0.25, -0.2) is 0 Å². The molecule has 18 heavy (non-hydrogen) atoms. The lowest BCUT2D eigenvalue weighted by atomic mass is 10.1. The number of ketones is 1. The van der Waals surface area contributed by atoms with Gasteiger partial charge in [0.05, 0.1) is 0 Å². The van der Waals surface area contributed by atoms with Gasteiger partial charge in [-0.3, -0.25) is 14.6 Å². The Morgan fingerprint density at radius 1 is 1.28 bits per heavy atom. The number of amides is 1. The van der Waals surface area contributed by atoms with E-state index in [1.807, 2.05) is 12.1 Å². The third kappa shape index (κ3) is 6.78. The van der Waals surface area contributed by atoms with E-state index in [1.54, 1.807) is 12.4 Å². The Kier molecular flexibility index (Phi) is 6.69. The highest BCUT2D eigenvalue weighted by Gasteiger charge is 2.03. The van der Waals surface area contributed by atoms with Gasteiger partial charge in [-0.15, -0.1) is 0 Å². The maximum Gasteiger partial charge on any atom is 0.216 e. The lowest BCUT2D eigenvalue weighted by molar-refractivity contribution is -0.119. The lowest BCUT2D eigenvalue weighted by Crippen LogP contribution is -2.20. The summed E-state index contributed by atoms with van der Waals surface area (Å²) < 4.78 is 0. The highest BCUT2D eigenvalue weighted by Crippen LogP contribution is 2.04. The highest BCUT2D eigenvalue weighted by atomic mass is 16.1. The fourth-order valence-corrected chi connectivity index (χ4v) is 1.71. The summed E-state index contributed by atoms with van der Waals surface area (Å²) >= 11 is 0. The minimum atomic E-state index is 0.00246. The van der Waals surface area contributed by atoms with Crippen molar-refractivity contribution in [3.05, 3.63) is 30.1 Å². The molecule has 0 saturated carbocycles. The molecule has 4 nitrogen and oxygen atoms in total. The third-order valence-corrected chi connectivity index (χ3v) is 2.63. The number of hydrogen-bond acceptors (Lipinski definition) is 3. The number of carbonyl (C=O) groups excluding carboxylic acids is 2. The van der Waals surface area contributed by atoms with Gasteiger partial charge in [-0.05, 0) is 24.5 Å². The van der Waals surface area contributed by atoms with E-state index in [2.05, 4.69) is 10.3 Å². The average molecular weight is 248 g/mol. The number of carbonyl (C=O) groups is 2. The Hall–Kier alpha value is -1.71. The van der Waals surface area contributed by atoms with Crippen LogP contribution in [0.25, 0.3) is 0 Å². The maximum absolute atomic E-state index is 11.7. The molecule has 1 amide bonds. The largest absolute Gasteiger partial charge is 0.356 e. The molecular formula is C14H20N2O2. The number of nitrogens with zero attached hydrogens (tertiary/aromatic N) is 1. The predicted octanol–water partition coefficient (Wildman–Crippen LogP) is 1.89. The first-order chi connectivity index (χ1) is 8.68. The molecule has 1 N–H and O–H groups in total. The zero-order chi connectivity index (χ0) is 13.2. The predicted molar refractivity (Wildman–Crippen MR) is 70.1 cm³/mol. The molecule has 0 atom stereocenters. The molecule has 0 aliphatic carbocycles. The Morgan fingerprint density at radius 2 is 2.11 bits per heavy atom. The van der Waals surface area contributed by atoms with Gasteiger partial charge in [0.2, 0.25) is 5.91 Å². The van der Waals surface area contributed by atoms with E-state index >= 15 is 0 Å². The summed E-state index contributed by atoms with van der Waals surface area (Å²) in [5.74, 6) is 0.255. The van der Waals surface area contributed by atoms with Crippen LogP contribution >= 0.6 is 0 Å². The summed E-state index contributed by atoms with van der Waals surface area (Å²) in [5, 5.41) is 2.74. The van der Waals surface area contributed by atoms with E-state index in [9.17, 15) is 9.59 Å². The Bertz CT molecular complexity index is 377. The van der Waals surface area contributed by atoms with Crippen molar-refractivity contribution in [1.82, 2.24) is 10.3 Å². The van der Waals surface area contributed by atoms with Crippen LogP contribution in [-0.2, 0) is 16.0 Å². The lowest BCUT2D eigenvalue weighted by Gasteiger charge is -2.02. The van der Waals surface area contributed by atoms with Gasteiger partial charge in [0.25, 0.3) is 0 Å². The number of hydrogen-bond donors (Lipinski definition) is 1. The summed E-state index contributed by atoms with van der Waals surface area (Å²) in [7, 11) is 0. The van der Waals surface area contributed by atoms with Crippen molar-refractivity contribution in [1.29, 1.82) is 0 Å². The van der Waals surface area contributed by atoms with E-state index in [4.69, 9.17) is 0 Å². The summed E-state index contributed by atoms with van der Waals surface area (Å²) in [6, 6.07) is 3.76. The molecule has 0 radical (unpaired) electrons. The van der Waals surface area contributed by atoms with Gasteiger partial charge >= 0.3 is 0 Å². The molecule has 1 heterocycles. The van der Waals surface area contributed by atoms with Gasteiger partial charge in [0.1, 0.15) is 5.78 Å². The summed E-state index contributed by atoms with van der Waals surface area (Å²) in [6.07, 6.45) is 7.30. The molecule has 0 bridgehead atoms. The van der Waals surface area contributed by atoms with E-state index in [0.29, 0.717) is 19.4 Å². The zero-order valence-corrected chi connectivity index (χ0v) is 10.8. The van der Waals surface area contributed by atoms with Crippen LogP contribution in [0.15, 0.2) is 24.5 Å². The van der Waals surface area contributed by atoms with Crippen molar-refractivity contribution in [2.75, 3.05) is 6.54 Å². The number of pyridine rings is 1. The Morgan fingerprint density at radius 3 is 2.78 bits per heavy atom. The first kappa shape index (κ1) is 14.4. The van der Waals surface area contributed by atoms with E-state index < -0.39 is 0 Å². The van der Waals surface area contributed by atoms with Crippen LogP contribution in [0.3, 0.4) is 0 Å². The standard InChI is InChI=1S/C14H20N2O2/c1-12(17)16-9-4-2-3-7-14(18)10-13-6-5-8-15-11-13/h5-6,8,11H,2-4,7,9-10H2,1H3,(H,16,17). The normalized spacial score (nSPS) is 10.1. The summed E-state index contributed by atoms with van der Waals surface area (Å²) in [6.45, 7) is 2.21. The van der Waals surface area contributed by atoms with Crippen LogP contribution in [0.4, 0.5) is 0 Å². The van der Waals surface area contributed by atoms with Crippen LogP contribution < -0.4 is 5.32 Å². The van der Waals surface area contributed by atoms with Crippen molar-refractivity contribution in [2.24, 2.45) is 0 Å². The molecule has 1 rings (SSSR count). The monoisotopic (exact) mass is 248 g/mol. The van der Waals surface area contributed by atoms with Gasteiger partial charge in [0, 0.05) is 38.7 Å². The second kappa shape index (κ2) is 8.39. The van der Waals surface area contributed by atoms with E-state index in [0.717, 1.165) is 24.8 Å². The van der Waals surface area contributed by atoms with Crippen molar-refractivity contribution in [3.8, 4) is 0 Å². The van der Waals surface area contributed by atoms with Gasteiger partial charge in [-0.1, -0.05) is 12.5 Å². The zero-order valence-electron chi connectivity index (χ0n) is 10.8. The molecule has 98 valence electrons. The SMILES string of the molecule is CC(=O)NCCCCCC(=O)Cc1cccnc1. The number of nitrogens with one attached hydrogen (secondary N) is 1. The minimum Gasteiger partial charge on any atom is -0.356 e. The second-order valence-corrected chi connectivity index (χ2v) is 4.37. The molecule has 0 aliphatic rings. The fraction of sp³-hybridized carbons (Fsp3) is 0.500. The number of unbranched alkanes of at least 4 members (excludes halogenated alkanes) is 2. The molecular weight excluding hydrogens is 228 g/mol. The quantitative estimate of drug-likeness (QED) is 0.715. The number of Topliss-reactive ketones (excluding diaryl/α,β-unsaturated/α-hetero) is 1. The van der Waals surface area contributed by atoms with Crippen LogP contribution in [0.2, 0.25) is 0 Å². The van der Waals surface area contributed by atoms with Crippen LogP contribution in [0, 0.1) is 0 Å². The number of rotatable bonds is 8. The molecule has 1 aromatic heterocycles. The molecule has 0 saturated heterocycles. The first-order valence-electron chi connectivity index (χ1n) is 6.33. The van der Waals surface area contributed by atoms with Crippen LogP contribution in [0.1, 0.15) is 38.2 Å². The second-order valence-electron chi connectivity index (χ2n) is 4.37. The molecule has 0 aromatic carbocycles. The number of aromatic nitrogens is 1. The van der Waals surface area contributed by atoms with Crippen molar-refractivity contribution < 1.29 is 9.59 Å². The molecule has 4 heteroatoms. The third-order valence-electron chi connectivity index (χ3n) is 2.63. The van der Waals surface area contributed by atoms with Crippen LogP contribution in [-0.4, -0.2) is 23.2 Å². The summed E-state index contributed by atoms with van der Waals surface area (Å²) in [4.78, 5) is 26.3. The van der Waals surface area contributed by atoms with Gasteiger partial charge in [0.15, 0.2) is 0 Å². The molecule has 1 aromatic rings. The van der Waals surface area contributed by atoms with Crippen molar-refractivity contribution >= 4 is 11.7 Å². The molecule has 0 spiro atoms. The van der Waals surface area contributed by atoms with Gasteiger partial charge < -0.3 is 5.32 Å². The molecule has 0 unspecified atom stereocenters. The molecule has 0 aliphatic heterocycles. The topological polar surface area (TPSA) is 59.1 Å². The summed E-state index contributed by atoms with van der Waals surface area (Å²) in [5.41, 5.74) is 0.973. The molecule has 0 fully saturated rings. The Labute approximate surface area is 108 Å².